The van der Waals surface area contributed by atoms with Gasteiger partial charge in [-0.05, 0) is 46.8 Å². The van der Waals surface area contributed by atoms with Crippen LogP contribution in [0.3, 0.4) is 0 Å². The highest BCUT2D eigenvalue weighted by Gasteiger charge is 2.07. The monoisotopic (exact) mass is 512 g/mol. The Morgan fingerprint density at radius 3 is 1.11 bits per heavy atom. The van der Waals surface area contributed by atoms with Crippen LogP contribution in [-0.2, 0) is 6.42 Å². The molecule has 0 N–H and O–H groups in total. The molecule has 0 heterocycles. The van der Waals surface area contributed by atoms with E-state index in [0.29, 0.717) is 19.0 Å². The van der Waals surface area contributed by atoms with Crippen LogP contribution in [-0.4, -0.2) is 7.18 Å². The third-order valence-corrected chi connectivity index (χ3v) is 5.28. The van der Waals surface area contributed by atoms with Crippen molar-refractivity contribution in [1.29, 1.82) is 0 Å². The molecule has 212 valence electrons. The van der Waals surface area contributed by atoms with Crippen molar-refractivity contribution < 1.29 is 4.39 Å². The fraction of sp³-hybridized carbons (Fsp3) is 0.500. The molecule has 0 aliphatic carbocycles. The molecular formula is C36H61F. The molecule has 1 unspecified atom stereocenters. The topological polar surface area (TPSA) is 0 Å². The van der Waals surface area contributed by atoms with E-state index in [-0.39, 0.29) is 7.43 Å². The average Bonchev–Trinajstić information content (AvgIpc) is 2.93. The van der Waals surface area contributed by atoms with Gasteiger partial charge in [-0.1, -0.05) is 175 Å². The first kappa shape index (κ1) is 41.7. The lowest BCUT2D eigenvalue weighted by atomic mass is 9.91. The second-order valence-corrected chi connectivity index (χ2v) is 9.09. The summed E-state index contributed by atoms with van der Waals surface area (Å²) >= 11 is 0. The van der Waals surface area contributed by atoms with Gasteiger partial charge < -0.3 is 0 Å². The Kier molecular flexibility index (Phi) is 33.6. The number of benzene rings is 3. The van der Waals surface area contributed by atoms with E-state index in [9.17, 15) is 4.39 Å². The van der Waals surface area contributed by atoms with Crippen molar-refractivity contribution in [2.24, 2.45) is 11.8 Å². The molecule has 0 aromatic heterocycles. The van der Waals surface area contributed by atoms with Crippen LogP contribution >= 0.6 is 0 Å². The van der Waals surface area contributed by atoms with Crippen LogP contribution in [0, 0.1) is 11.8 Å². The van der Waals surface area contributed by atoms with Crippen molar-refractivity contribution in [2.75, 3.05) is 7.18 Å². The summed E-state index contributed by atoms with van der Waals surface area (Å²) in [5, 5.41) is 0. The van der Waals surface area contributed by atoms with Gasteiger partial charge in [0, 0.05) is 0 Å². The maximum Gasteiger partial charge on any atom is 0.0785 e. The zero-order chi connectivity index (χ0) is 28.4. The minimum atomic E-state index is 0. The Morgan fingerprint density at radius 1 is 0.514 bits per heavy atom. The van der Waals surface area contributed by atoms with E-state index in [1.165, 1.54) is 23.1 Å². The standard InChI is InChI=1S/C11H16.C10H14.C9H12.2C2H6.CH3F.CH4/c1-9(2)10(3)11-7-5-4-6-8-11;1-9(2)8-10-6-4-3-5-7-10;1-8(2)9-6-4-3-5-7-9;3*1-2;/h4-10H,1-3H3;3-7,9H,8H2,1-2H3;3-8H,1-2H3;2*1-2H3;1H3;1H4. The molecule has 0 radical (unpaired) electrons. The van der Waals surface area contributed by atoms with Gasteiger partial charge in [0.2, 0.25) is 0 Å². The van der Waals surface area contributed by atoms with Crippen LogP contribution in [0.25, 0.3) is 0 Å². The van der Waals surface area contributed by atoms with Gasteiger partial charge in [0.15, 0.2) is 0 Å². The first-order valence-corrected chi connectivity index (χ1v) is 13.8. The van der Waals surface area contributed by atoms with Crippen LogP contribution in [0.2, 0.25) is 0 Å². The van der Waals surface area contributed by atoms with Gasteiger partial charge in [0.05, 0.1) is 7.18 Å². The number of hydrogen-bond donors (Lipinski definition) is 0. The van der Waals surface area contributed by atoms with Gasteiger partial charge >= 0.3 is 0 Å². The van der Waals surface area contributed by atoms with Crippen LogP contribution in [0.4, 0.5) is 4.39 Å². The summed E-state index contributed by atoms with van der Waals surface area (Å²) in [4.78, 5) is 0. The number of hydrogen-bond acceptors (Lipinski definition) is 0. The molecule has 0 saturated carbocycles. The molecule has 1 heteroatoms. The Hall–Kier alpha value is -2.41. The van der Waals surface area contributed by atoms with Crippen molar-refractivity contribution in [1.82, 2.24) is 0 Å². The summed E-state index contributed by atoms with van der Waals surface area (Å²) in [6.45, 7) is 23.7. The van der Waals surface area contributed by atoms with Crippen LogP contribution < -0.4 is 0 Å². The quantitative estimate of drug-likeness (QED) is 0.319. The normalized spacial score (nSPS) is 9.73. The third kappa shape index (κ3) is 23.7. The Labute approximate surface area is 232 Å². The van der Waals surface area contributed by atoms with Crippen LogP contribution in [0.5, 0.6) is 0 Å². The second-order valence-electron chi connectivity index (χ2n) is 9.09. The maximum atomic E-state index is 9.50. The summed E-state index contributed by atoms with van der Waals surface area (Å²) in [5.74, 6) is 2.84. The predicted molar refractivity (Wildman–Crippen MR) is 172 cm³/mol. The van der Waals surface area contributed by atoms with Crippen molar-refractivity contribution >= 4 is 0 Å². The van der Waals surface area contributed by atoms with Crippen LogP contribution in [0.15, 0.2) is 91.0 Å². The molecule has 1 atom stereocenters. The Morgan fingerprint density at radius 2 is 0.838 bits per heavy atom. The highest BCUT2D eigenvalue weighted by molar-refractivity contribution is 5.19. The van der Waals surface area contributed by atoms with Crippen molar-refractivity contribution in [2.45, 2.75) is 102 Å². The van der Waals surface area contributed by atoms with E-state index in [0.717, 1.165) is 11.8 Å². The van der Waals surface area contributed by atoms with Crippen molar-refractivity contribution in [3.63, 3.8) is 0 Å². The molecule has 37 heavy (non-hydrogen) atoms. The van der Waals surface area contributed by atoms with Crippen molar-refractivity contribution in [3.05, 3.63) is 108 Å². The summed E-state index contributed by atoms with van der Waals surface area (Å²) in [6.07, 6.45) is 1.20. The zero-order valence-electron chi connectivity index (χ0n) is 25.6. The van der Waals surface area contributed by atoms with E-state index in [2.05, 4.69) is 133 Å². The van der Waals surface area contributed by atoms with E-state index >= 15 is 0 Å². The molecule has 0 bridgehead atoms. The molecule has 0 aliphatic rings. The fourth-order valence-electron chi connectivity index (χ4n) is 3.06. The van der Waals surface area contributed by atoms with Gasteiger partial charge in [-0.15, -0.1) is 0 Å². The molecule has 0 fully saturated rings. The molecule has 0 aliphatic heterocycles. The number of rotatable bonds is 5. The van der Waals surface area contributed by atoms with E-state index in [4.69, 9.17) is 0 Å². The highest BCUT2D eigenvalue weighted by Crippen LogP contribution is 2.22. The van der Waals surface area contributed by atoms with Crippen LogP contribution in [0.1, 0.15) is 112 Å². The highest BCUT2D eigenvalue weighted by atomic mass is 19.1. The molecule has 0 amide bonds. The molecular weight excluding hydrogens is 451 g/mol. The van der Waals surface area contributed by atoms with Crippen molar-refractivity contribution in [3.8, 4) is 0 Å². The first-order chi connectivity index (χ1) is 17.3. The Balaban J connectivity index is -0.000000198. The SMILES string of the molecule is C.CC.CC.CC(C)C(C)c1ccccc1.CC(C)Cc1ccccc1.CC(C)c1ccccc1.CF. The molecule has 3 aromatic carbocycles. The molecule has 3 rings (SSSR count). The van der Waals surface area contributed by atoms with Gasteiger partial charge in [-0.3, -0.25) is 4.39 Å². The second kappa shape index (κ2) is 29.8. The minimum absolute atomic E-state index is 0. The zero-order valence-corrected chi connectivity index (χ0v) is 25.6. The minimum Gasteiger partial charge on any atom is -0.255 e. The molecule has 0 saturated heterocycles. The molecule has 3 aromatic rings. The van der Waals surface area contributed by atoms with E-state index < -0.39 is 0 Å². The third-order valence-electron chi connectivity index (χ3n) is 5.28. The fourth-order valence-corrected chi connectivity index (χ4v) is 3.06. The van der Waals surface area contributed by atoms with Gasteiger partial charge in [-0.25, -0.2) is 0 Å². The molecule has 0 nitrogen and oxygen atoms in total. The van der Waals surface area contributed by atoms with Gasteiger partial charge in [0.25, 0.3) is 0 Å². The lowest BCUT2D eigenvalue weighted by molar-refractivity contribution is 0.535. The average molecular weight is 513 g/mol. The number of alkyl halides is 1. The smallest absolute Gasteiger partial charge is 0.0785 e. The summed E-state index contributed by atoms with van der Waals surface area (Å²) in [5.41, 5.74) is 4.30. The Bertz CT molecular complexity index is 762. The maximum absolute atomic E-state index is 9.50. The van der Waals surface area contributed by atoms with E-state index in [1.54, 1.807) is 0 Å². The summed E-state index contributed by atoms with van der Waals surface area (Å²) in [6, 6.07) is 31.8. The lowest BCUT2D eigenvalue weighted by Crippen LogP contribution is -2.00. The lowest BCUT2D eigenvalue weighted by Gasteiger charge is -2.15. The van der Waals surface area contributed by atoms with Gasteiger partial charge in [-0.2, -0.15) is 0 Å². The first-order valence-electron chi connectivity index (χ1n) is 13.8. The summed E-state index contributed by atoms with van der Waals surface area (Å²) in [7, 11) is 0.500. The summed E-state index contributed by atoms with van der Waals surface area (Å²) < 4.78 is 9.50. The van der Waals surface area contributed by atoms with Gasteiger partial charge in [0.1, 0.15) is 0 Å². The number of halogens is 1. The molecule has 0 spiro atoms. The predicted octanol–water partition coefficient (Wildman–Crippen LogP) is 12.4. The van der Waals surface area contributed by atoms with E-state index in [1.807, 2.05) is 33.8 Å². The largest absolute Gasteiger partial charge is 0.255 e.